The van der Waals surface area contributed by atoms with E-state index >= 15 is 0 Å². The summed E-state index contributed by atoms with van der Waals surface area (Å²) in [4.78, 5) is 10.1. The Kier molecular flexibility index (Phi) is 6.25. The van der Waals surface area contributed by atoms with Gasteiger partial charge in [0.2, 0.25) is 13.7 Å². The van der Waals surface area contributed by atoms with Crippen LogP contribution in [0.25, 0.3) is 0 Å². The van der Waals surface area contributed by atoms with Crippen molar-refractivity contribution >= 4 is 7.37 Å². The molecular formula is C18H27O7P. The summed E-state index contributed by atoms with van der Waals surface area (Å²) in [5.74, 6) is 1.54. The maximum Gasteiger partial charge on any atom is 0.228 e. The van der Waals surface area contributed by atoms with Crippen LogP contribution in [0, 0.1) is 5.92 Å². The van der Waals surface area contributed by atoms with E-state index in [0.717, 1.165) is 12.8 Å². The Morgan fingerprint density at radius 3 is 2.46 bits per heavy atom. The Bertz CT molecular complexity index is 631. The van der Waals surface area contributed by atoms with Gasteiger partial charge in [0, 0.05) is 18.7 Å². The Balaban J connectivity index is 1.56. The van der Waals surface area contributed by atoms with E-state index in [2.05, 4.69) is 0 Å². The van der Waals surface area contributed by atoms with Crippen molar-refractivity contribution < 1.29 is 33.9 Å². The summed E-state index contributed by atoms with van der Waals surface area (Å²) in [7, 11) is -1.60. The highest BCUT2D eigenvalue weighted by Gasteiger charge is 2.39. The smallest absolute Gasteiger partial charge is 0.228 e. The lowest BCUT2D eigenvalue weighted by atomic mass is 10.0. The molecule has 8 heteroatoms. The van der Waals surface area contributed by atoms with E-state index in [-0.39, 0.29) is 12.6 Å². The molecule has 146 valence electrons. The molecule has 0 amide bonds. The van der Waals surface area contributed by atoms with E-state index in [0.29, 0.717) is 30.0 Å². The summed E-state index contributed by atoms with van der Waals surface area (Å²) in [6.45, 7) is 0. The molecule has 26 heavy (non-hydrogen) atoms. The van der Waals surface area contributed by atoms with E-state index in [9.17, 15) is 19.7 Å². The molecular weight excluding hydrogens is 359 g/mol. The van der Waals surface area contributed by atoms with Crippen LogP contribution in [0.3, 0.4) is 0 Å². The zero-order chi connectivity index (χ0) is 18.7. The lowest BCUT2D eigenvalue weighted by molar-refractivity contribution is -0.235. The van der Waals surface area contributed by atoms with Crippen LogP contribution >= 0.6 is 7.37 Å². The predicted molar refractivity (Wildman–Crippen MR) is 95.8 cm³/mol. The molecule has 1 aromatic rings. The fraction of sp³-hybridized carbons (Fsp3) is 0.667. The van der Waals surface area contributed by atoms with Crippen molar-refractivity contribution in [3.05, 3.63) is 24.3 Å². The second-order valence-electron chi connectivity index (χ2n) is 7.20. The average molecular weight is 386 g/mol. The molecule has 0 bridgehead atoms. The van der Waals surface area contributed by atoms with Gasteiger partial charge in [0.25, 0.3) is 0 Å². The minimum Gasteiger partial charge on any atom is -0.497 e. The summed E-state index contributed by atoms with van der Waals surface area (Å²) >= 11 is 0. The molecule has 1 saturated carbocycles. The second kappa shape index (κ2) is 8.28. The van der Waals surface area contributed by atoms with Gasteiger partial charge in [-0.2, -0.15) is 0 Å². The summed E-state index contributed by atoms with van der Waals surface area (Å²) in [5, 5.41) is 20.2. The molecule has 0 radical (unpaired) electrons. The zero-order valence-corrected chi connectivity index (χ0v) is 15.8. The van der Waals surface area contributed by atoms with Crippen molar-refractivity contribution in [2.24, 2.45) is 5.92 Å². The molecule has 7 nitrogen and oxygen atoms in total. The monoisotopic (exact) mass is 386 g/mol. The van der Waals surface area contributed by atoms with Crippen LogP contribution in [0.4, 0.5) is 0 Å². The van der Waals surface area contributed by atoms with Crippen molar-refractivity contribution in [1.82, 2.24) is 0 Å². The average Bonchev–Trinajstić information content (AvgIpc) is 3.41. The molecule has 3 N–H and O–H groups in total. The lowest BCUT2D eigenvalue weighted by Crippen LogP contribution is -2.51. The van der Waals surface area contributed by atoms with Gasteiger partial charge in [-0.25, -0.2) is 0 Å². The number of rotatable bonds is 8. The first kappa shape index (κ1) is 19.6. The molecule has 0 aromatic heterocycles. The third-order valence-electron chi connectivity index (χ3n) is 4.86. The first-order chi connectivity index (χ1) is 12.4. The molecule has 0 spiro atoms. The van der Waals surface area contributed by atoms with Gasteiger partial charge in [0.1, 0.15) is 17.6 Å². The molecule has 2 aliphatic rings. The Morgan fingerprint density at radius 2 is 1.85 bits per heavy atom. The van der Waals surface area contributed by atoms with E-state index in [1.165, 1.54) is 0 Å². The number of methoxy groups -OCH3 is 1. The van der Waals surface area contributed by atoms with Crippen molar-refractivity contribution in [3.63, 3.8) is 0 Å². The fourth-order valence-electron chi connectivity index (χ4n) is 3.13. The van der Waals surface area contributed by atoms with E-state index in [1.54, 1.807) is 31.4 Å². The van der Waals surface area contributed by atoms with Crippen molar-refractivity contribution in [1.29, 1.82) is 0 Å². The quantitative estimate of drug-likeness (QED) is 0.587. The molecule has 1 aliphatic carbocycles. The summed E-state index contributed by atoms with van der Waals surface area (Å²) < 4.78 is 28.7. The third-order valence-corrected chi connectivity index (χ3v) is 6.90. The van der Waals surface area contributed by atoms with Crippen LogP contribution < -0.4 is 9.47 Å². The molecule has 5 atom stereocenters. The molecule has 1 heterocycles. The van der Waals surface area contributed by atoms with Crippen LogP contribution in [0.1, 0.15) is 25.7 Å². The van der Waals surface area contributed by atoms with Crippen molar-refractivity contribution in [2.45, 2.75) is 50.3 Å². The van der Waals surface area contributed by atoms with Gasteiger partial charge in [0.05, 0.1) is 19.3 Å². The first-order valence-electron chi connectivity index (χ1n) is 8.99. The van der Waals surface area contributed by atoms with Gasteiger partial charge >= 0.3 is 0 Å². The van der Waals surface area contributed by atoms with E-state index in [1.807, 2.05) is 0 Å². The van der Waals surface area contributed by atoms with Crippen LogP contribution in [0.2, 0.25) is 0 Å². The standard InChI is InChI=1S/C18H27O7P/c1-23-13-4-6-14(7-5-13)24-18-17(20)16(19)10-15(25-18)8-9-26(21,22)11-12-2-3-12/h4-7,12,15-20H,2-3,8-11H2,1H3,(H,21,22). The van der Waals surface area contributed by atoms with Crippen molar-refractivity contribution in [3.8, 4) is 11.5 Å². The van der Waals surface area contributed by atoms with Gasteiger partial charge in [-0.15, -0.1) is 0 Å². The largest absolute Gasteiger partial charge is 0.497 e. The zero-order valence-electron chi connectivity index (χ0n) is 14.9. The maximum absolute atomic E-state index is 12.2. The predicted octanol–water partition coefficient (Wildman–Crippen LogP) is 1.98. The normalized spacial score (nSPS) is 31.2. The van der Waals surface area contributed by atoms with Gasteiger partial charge in [-0.3, -0.25) is 4.57 Å². The highest BCUT2D eigenvalue weighted by atomic mass is 31.2. The Hall–Kier alpha value is -1.11. The maximum atomic E-state index is 12.2. The Morgan fingerprint density at radius 1 is 1.19 bits per heavy atom. The first-order valence-corrected chi connectivity index (χ1v) is 11.0. The number of benzene rings is 1. The van der Waals surface area contributed by atoms with Crippen LogP contribution in [-0.4, -0.2) is 59.1 Å². The number of hydrogen-bond donors (Lipinski definition) is 3. The Labute approximate surface area is 153 Å². The fourth-order valence-corrected chi connectivity index (χ4v) is 5.17. The van der Waals surface area contributed by atoms with Crippen LogP contribution in [-0.2, 0) is 9.30 Å². The minimum absolute atomic E-state index is 0.159. The molecule has 1 aliphatic heterocycles. The summed E-state index contributed by atoms with van der Waals surface area (Å²) in [6, 6.07) is 6.81. The number of aliphatic hydroxyl groups excluding tert-OH is 2. The molecule has 2 fully saturated rings. The van der Waals surface area contributed by atoms with Crippen LogP contribution in [0.15, 0.2) is 24.3 Å². The van der Waals surface area contributed by atoms with Gasteiger partial charge in [-0.05, 0) is 49.4 Å². The minimum atomic E-state index is -3.16. The van der Waals surface area contributed by atoms with Gasteiger partial charge in [-0.1, -0.05) is 0 Å². The third kappa shape index (κ3) is 5.44. The highest BCUT2D eigenvalue weighted by Crippen LogP contribution is 2.49. The molecule has 1 saturated heterocycles. The second-order valence-corrected chi connectivity index (χ2v) is 9.70. The molecule has 5 unspecified atom stereocenters. The topological polar surface area (TPSA) is 105 Å². The molecule has 1 aromatic carbocycles. The number of hydrogen-bond acceptors (Lipinski definition) is 6. The summed E-state index contributed by atoms with van der Waals surface area (Å²) in [5.41, 5.74) is 0. The number of ether oxygens (including phenoxy) is 3. The van der Waals surface area contributed by atoms with Gasteiger partial charge in [0.15, 0.2) is 0 Å². The molecule has 3 rings (SSSR count). The summed E-state index contributed by atoms with van der Waals surface area (Å²) in [6.07, 6.45) is -0.475. The number of aliphatic hydroxyl groups is 2. The lowest BCUT2D eigenvalue weighted by Gasteiger charge is -2.37. The van der Waals surface area contributed by atoms with E-state index < -0.39 is 32.0 Å². The van der Waals surface area contributed by atoms with Gasteiger partial charge < -0.3 is 29.3 Å². The SMILES string of the molecule is COc1ccc(OC2OC(CCP(=O)(O)CC3CC3)CC(O)C2O)cc1. The van der Waals surface area contributed by atoms with Crippen LogP contribution in [0.5, 0.6) is 11.5 Å². The van der Waals surface area contributed by atoms with E-state index in [4.69, 9.17) is 14.2 Å². The highest BCUT2D eigenvalue weighted by molar-refractivity contribution is 7.58. The van der Waals surface area contributed by atoms with Crippen molar-refractivity contribution in [2.75, 3.05) is 19.4 Å².